The first-order valence-electron chi connectivity index (χ1n) is 4.59. The molecule has 0 aliphatic rings. The highest BCUT2D eigenvalue weighted by Gasteiger charge is 2.02. The van der Waals surface area contributed by atoms with Crippen LogP contribution in [0.5, 0.6) is 0 Å². The molecule has 0 saturated carbocycles. The van der Waals surface area contributed by atoms with Gasteiger partial charge in [-0.15, -0.1) is 0 Å². The van der Waals surface area contributed by atoms with Crippen molar-refractivity contribution in [1.82, 2.24) is 0 Å². The SMILES string of the molecule is CC(CN)=NOC(=O)Nc1ccc(Br)cc1. The summed E-state index contributed by atoms with van der Waals surface area (Å²) in [5, 5.41) is 6.05. The molecule has 5 nitrogen and oxygen atoms in total. The van der Waals surface area contributed by atoms with Crippen molar-refractivity contribution in [3.63, 3.8) is 0 Å². The van der Waals surface area contributed by atoms with Crippen LogP contribution in [0.25, 0.3) is 0 Å². The fourth-order valence-electron chi connectivity index (χ4n) is 0.831. The van der Waals surface area contributed by atoms with E-state index in [9.17, 15) is 4.79 Å². The summed E-state index contributed by atoms with van der Waals surface area (Å²) in [6.07, 6.45) is -0.643. The zero-order valence-corrected chi connectivity index (χ0v) is 10.3. The normalized spacial score (nSPS) is 11.1. The lowest BCUT2D eigenvalue weighted by Crippen LogP contribution is -2.14. The summed E-state index contributed by atoms with van der Waals surface area (Å²) in [4.78, 5) is 15.8. The van der Waals surface area contributed by atoms with Crippen molar-refractivity contribution in [3.05, 3.63) is 28.7 Å². The minimum Gasteiger partial charge on any atom is -0.325 e. The predicted octanol–water partition coefficient (Wildman–Crippen LogP) is 2.33. The smallest absolute Gasteiger partial charge is 0.325 e. The third kappa shape index (κ3) is 4.41. The van der Waals surface area contributed by atoms with Crippen molar-refractivity contribution in [2.24, 2.45) is 10.9 Å². The van der Waals surface area contributed by atoms with E-state index in [0.717, 1.165) is 4.47 Å². The van der Waals surface area contributed by atoms with Crippen molar-refractivity contribution in [2.45, 2.75) is 6.92 Å². The van der Waals surface area contributed by atoms with Gasteiger partial charge in [0, 0.05) is 16.7 Å². The molecule has 3 N–H and O–H groups in total. The van der Waals surface area contributed by atoms with Gasteiger partial charge >= 0.3 is 6.09 Å². The molecule has 0 atom stereocenters. The number of anilines is 1. The van der Waals surface area contributed by atoms with E-state index in [1.54, 1.807) is 19.1 Å². The summed E-state index contributed by atoms with van der Waals surface area (Å²) in [6, 6.07) is 7.10. The Hall–Kier alpha value is -1.40. The highest BCUT2D eigenvalue weighted by Crippen LogP contribution is 2.14. The third-order valence-electron chi connectivity index (χ3n) is 1.67. The third-order valence-corrected chi connectivity index (χ3v) is 2.20. The van der Waals surface area contributed by atoms with Crippen molar-refractivity contribution >= 4 is 33.4 Å². The number of hydrogen-bond acceptors (Lipinski definition) is 4. The Morgan fingerprint density at radius 2 is 2.12 bits per heavy atom. The summed E-state index contributed by atoms with van der Waals surface area (Å²) < 4.78 is 0.934. The van der Waals surface area contributed by atoms with Gasteiger partial charge in [0.1, 0.15) is 0 Å². The quantitative estimate of drug-likeness (QED) is 0.508. The summed E-state index contributed by atoms with van der Waals surface area (Å²) in [5.41, 5.74) is 6.46. The molecule has 0 saturated heterocycles. The van der Waals surface area contributed by atoms with Crippen LogP contribution in [0, 0.1) is 0 Å². The van der Waals surface area contributed by atoms with E-state index in [2.05, 4.69) is 31.2 Å². The zero-order valence-electron chi connectivity index (χ0n) is 8.74. The van der Waals surface area contributed by atoms with E-state index in [0.29, 0.717) is 11.4 Å². The summed E-state index contributed by atoms with van der Waals surface area (Å²) in [5.74, 6) is 0. The van der Waals surface area contributed by atoms with Gasteiger partial charge in [-0.1, -0.05) is 21.1 Å². The van der Waals surface area contributed by atoms with Crippen molar-refractivity contribution in [2.75, 3.05) is 11.9 Å². The summed E-state index contributed by atoms with van der Waals surface area (Å²) >= 11 is 3.29. The fraction of sp³-hybridized carbons (Fsp3) is 0.200. The number of nitrogens with one attached hydrogen (secondary N) is 1. The molecule has 1 aromatic carbocycles. The van der Waals surface area contributed by atoms with Crippen molar-refractivity contribution in [3.8, 4) is 0 Å². The van der Waals surface area contributed by atoms with Gasteiger partial charge in [-0.2, -0.15) is 0 Å². The predicted molar refractivity (Wildman–Crippen MR) is 66.4 cm³/mol. The molecule has 1 rings (SSSR count). The van der Waals surface area contributed by atoms with Crippen LogP contribution in [0.1, 0.15) is 6.92 Å². The molecule has 0 aromatic heterocycles. The minimum absolute atomic E-state index is 0.256. The van der Waals surface area contributed by atoms with Gasteiger partial charge in [0.25, 0.3) is 0 Å². The maximum atomic E-state index is 11.2. The largest absolute Gasteiger partial charge is 0.437 e. The number of halogens is 1. The van der Waals surface area contributed by atoms with Gasteiger partial charge in [-0.3, -0.25) is 10.2 Å². The first-order chi connectivity index (χ1) is 7.61. The average Bonchev–Trinajstić information content (AvgIpc) is 2.29. The van der Waals surface area contributed by atoms with E-state index < -0.39 is 6.09 Å². The van der Waals surface area contributed by atoms with Gasteiger partial charge in [-0.25, -0.2) is 4.79 Å². The van der Waals surface area contributed by atoms with E-state index in [1.165, 1.54) is 0 Å². The van der Waals surface area contributed by atoms with Crippen molar-refractivity contribution in [1.29, 1.82) is 0 Å². The van der Waals surface area contributed by atoms with Crippen LogP contribution >= 0.6 is 15.9 Å². The number of nitrogens with two attached hydrogens (primary N) is 1. The number of benzene rings is 1. The molecular weight excluding hydrogens is 274 g/mol. The Morgan fingerprint density at radius 3 is 2.69 bits per heavy atom. The van der Waals surface area contributed by atoms with Crippen molar-refractivity contribution < 1.29 is 9.63 Å². The van der Waals surface area contributed by atoms with E-state index in [4.69, 9.17) is 5.73 Å². The molecule has 0 aliphatic heterocycles. The molecular formula is C10H12BrN3O2. The number of nitrogens with zero attached hydrogens (tertiary/aromatic N) is 1. The topological polar surface area (TPSA) is 76.7 Å². The van der Waals surface area contributed by atoms with Gasteiger partial charge in [0.2, 0.25) is 0 Å². The molecule has 0 radical (unpaired) electrons. The fourth-order valence-corrected chi connectivity index (χ4v) is 1.09. The number of hydrogen-bond donors (Lipinski definition) is 2. The van der Waals surface area contributed by atoms with E-state index in [1.807, 2.05) is 12.1 Å². The maximum absolute atomic E-state index is 11.2. The maximum Gasteiger partial charge on any atom is 0.437 e. The Kier molecular flexibility index (Phi) is 4.94. The highest BCUT2D eigenvalue weighted by molar-refractivity contribution is 9.10. The molecule has 0 aliphatic carbocycles. The zero-order chi connectivity index (χ0) is 12.0. The van der Waals surface area contributed by atoms with Crippen LogP contribution < -0.4 is 11.1 Å². The molecule has 1 amide bonds. The molecule has 0 bridgehead atoms. The molecule has 16 heavy (non-hydrogen) atoms. The number of carbonyl (C=O) groups is 1. The number of oxime groups is 1. The standard InChI is InChI=1S/C10H12BrN3O2/c1-7(6-12)14-16-10(15)13-9-4-2-8(11)3-5-9/h2-5H,6,12H2,1H3,(H,13,15). The lowest BCUT2D eigenvalue weighted by Gasteiger charge is -2.02. The minimum atomic E-state index is -0.643. The van der Waals surface area contributed by atoms with Crippen LogP contribution in [0.3, 0.4) is 0 Å². The molecule has 0 unspecified atom stereocenters. The molecule has 1 aromatic rings. The van der Waals surface area contributed by atoms with Gasteiger partial charge < -0.3 is 5.73 Å². The Morgan fingerprint density at radius 1 is 1.50 bits per heavy atom. The number of carbonyl (C=O) groups excluding carboxylic acids is 1. The molecule has 0 spiro atoms. The van der Waals surface area contributed by atoms with Crippen LogP contribution in [0.15, 0.2) is 33.9 Å². The molecule has 86 valence electrons. The average molecular weight is 286 g/mol. The molecule has 6 heteroatoms. The van der Waals surface area contributed by atoms with Crippen LogP contribution in [0.4, 0.5) is 10.5 Å². The lowest BCUT2D eigenvalue weighted by atomic mass is 10.3. The van der Waals surface area contributed by atoms with E-state index >= 15 is 0 Å². The Balaban J connectivity index is 2.49. The Labute approximate surface area is 102 Å². The van der Waals surface area contributed by atoms with Crippen LogP contribution in [-0.2, 0) is 4.84 Å². The second kappa shape index (κ2) is 6.24. The second-order valence-corrected chi connectivity index (χ2v) is 3.96. The lowest BCUT2D eigenvalue weighted by molar-refractivity contribution is 0.166. The molecule has 0 heterocycles. The number of amides is 1. The molecule has 0 fully saturated rings. The summed E-state index contributed by atoms with van der Waals surface area (Å²) in [6.45, 7) is 1.93. The first-order valence-corrected chi connectivity index (χ1v) is 5.38. The highest BCUT2D eigenvalue weighted by atomic mass is 79.9. The first kappa shape index (κ1) is 12.7. The van der Waals surface area contributed by atoms with E-state index in [-0.39, 0.29) is 6.54 Å². The Bertz CT molecular complexity index is 390. The van der Waals surface area contributed by atoms with Gasteiger partial charge in [0.05, 0.1) is 5.71 Å². The second-order valence-electron chi connectivity index (χ2n) is 3.04. The van der Waals surface area contributed by atoms with Gasteiger partial charge in [0.15, 0.2) is 0 Å². The van der Waals surface area contributed by atoms with Crippen LogP contribution in [0.2, 0.25) is 0 Å². The summed E-state index contributed by atoms with van der Waals surface area (Å²) in [7, 11) is 0. The monoisotopic (exact) mass is 285 g/mol. The van der Waals surface area contributed by atoms with Crippen LogP contribution in [-0.4, -0.2) is 18.3 Å². The number of rotatable bonds is 3. The van der Waals surface area contributed by atoms with Gasteiger partial charge in [-0.05, 0) is 31.2 Å².